The molecule has 0 saturated heterocycles. The number of nitrogens with zero attached hydrogens (tertiary/aromatic N) is 3. The molecule has 0 aliphatic rings. The molecular formula is C15H11N5O. The maximum Gasteiger partial charge on any atom is 0.324 e. The molecule has 0 aliphatic carbocycles. The molecule has 0 atom stereocenters. The van der Waals surface area contributed by atoms with Crippen LogP contribution in [0.2, 0.25) is 0 Å². The summed E-state index contributed by atoms with van der Waals surface area (Å²) in [6.07, 6.45) is 3.34. The summed E-state index contributed by atoms with van der Waals surface area (Å²) >= 11 is 0. The molecule has 2 heterocycles. The van der Waals surface area contributed by atoms with E-state index in [4.69, 9.17) is 5.26 Å². The minimum absolute atomic E-state index is 0.360. The molecule has 6 nitrogen and oxygen atoms in total. The van der Waals surface area contributed by atoms with Crippen LogP contribution in [0.1, 0.15) is 5.56 Å². The lowest BCUT2D eigenvalue weighted by Crippen LogP contribution is -2.20. The summed E-state index contributed by atoms with van der Waals surface area (Å²) in [5.74, 6) is 0.621. The minimum atomic E-state index is -0.360. The van der Waals surface area contributed by atoms with Gasteiger partial charge in [0.1, 0.15) is 12.1 Å². The molecule has 0 unspecified atom stereocenters. The van der Waals surface area contributed by atoms with Gasteiger partial charge in [-0.2, -0.15) is 5.26 Å². The molecule has 2 aromatic heterocycles. The molecule has 0 radical (unpaired) electrons. The van der Waals surface area contributed by atoms with Crippen molar-refractivity contribution in [3.63, 3.8) is 0 Å². The number of benzene rings is 1. The van der Waals surface area contributed by atoms with Gasteiger partial charge in [-0.1, -0.05) is 6.07 Å². The molecule has 0 saturated carbocycles. The zero-order valence-corrected chi connectivity index (χ0v) is 10.9. The van der Waals surface area contributed by atoms with Crippen LogP contribution in [0.15, 0.2) is 55.0 Å². The number of nitriles is 1. The van der Waals surface area contributed by atoms with Crippen molar-refractivity contribution in [2.24, 2.45) is 0 Å². The number of carbonyl (C=O) groups excluding carboxylic acids is 1. The Labute approximate surface area is 120 Å². The Bertz CT molecular complexity index is 829. The van der Waals surface area contributed by atoms with Crippen LogP contribution in [0.4, 0.5) is 16.3 Å². The standard InChI is InChI=1S/C15H11N5O/c16-8-11-4-6-12(7-5-11)18-15(21)19-14-3-1-2-13-9-17-10-20(13)14/h1-7,9-10H,(H2,18,19,21). The molecule has 1 aromatic carbocycles. The van der Waals surface area contributed by atoms with E-state index in [1.165, 1.54) is 0 Å². The summed E-state index contributed by atoms with van der Waals surface area (Å²) in [5, 5.41) is 14.2. The van der Waals surface area contributed by atoms with Crippen molar-refractivity contribution in [1.82, 2.24) is 9.38 Å². The van der Waals surface area contributed by atoms with Crippen LogP contribution >= 0.6 is 0 Å². The highest BCUT2D eigenvalue weighted by atomic mass is 16.2. The Kier molecular flexibility index (Phi) is 3.23. The number of urea groups is 1. The first-order chi connectivity index (χ1) is 10.3. The number of carbonyl (C=O) groups is 1. The highest BCUT2D eigenvalue weighted by molar-refractivity contribution is 5.99. The molecule has 0 fully saturated rings. The van der Waals surface area contributed by atoms with Crippen LogP contribution < -0.4 is 10.6 Å². The van der Waals surface area contributed by atoms with E-state index in [1.807, 2.05) is 18.2 Å². The summed E-state index contributed by atoms with van der Waals surface area (Å²) in [5.41, 5.74) is 2.06. The third-order valence-electron chi connectivity index (χ3n) is 2.96. The van der Waals surface area contributed by atoms with Crippen molar-refractivity contribution in [2.45, 2.75) is 0 Å². The topological polar surface area (TPSA) is 82.2 Å². The Balaban J connectivity index is 1.74. The maximum absolute atomic E-state index is 12.0. The van der Waals surface area contributed by atoms with Crippen molar-refractivity contribution in [2.75, 3.05) is 10.6 Å². The van der Waals surface area contributed by atoms with Gasteiger partial charge in [0, 0.05) is 5.69 Å². The first-order valence-corrected chi connectivity index (χ1v) is 6.25. The molecule has 0 aliphatic heterocycles. The molecule has 3 aromatic rings. The van der Waals surface area contributed by atoms with Gasteiger partial charge < -0.3 is 5.32 Å². The number of fused-ring (bicyclic) bond motifs is 1. The largest absolute Gasteiger partial charge is 0.324 e. The molecule has 6 heteroatoms. The van der Waals surface area contributed by atoms with E-state index in [9.17, 15) is 4.79 Å². The monoisotopic (exact) mass is 277 g/mol. The quantitative estimate of drug-likeness (QED) is 0.755. The lowest BCUT2D eigenvalue weighted by atomic mass is 10.2. The lowest BCUT2D eigenvalue weighted by Gasteiger charge is -2.09. The zero-order chi connectivity index (χ0) is 14.7. The van der Waals surface area contributed by atoms with Gasteiger partial charge in [-0.25, -0.2) is 9.78 Å². The summed E-state index contributed by atoms with van der Waals surface area (Å²) in [6.45, 7) is 0. The Hall–Kier alpha value is -3.33. The summed E-state index contributed by atoms with van der Waals surface area (Å²) in [6, 6.07) is 13.8. The van der Waals surface area contributed by atoms with Crippen molar-refractivity contribution < 1.29 is 4.79 Å². The Morgan fingerprint density at radius 3 is 2.71 bits per heavy atom. The lowest BCUT2D eigenvalue weighted by molar-refractivity contribution is 0.262. The normalized spacial score (nSPS) is 10.0. The highest BCUT2D eigenvalue weighted by Crippen LogP contribution is 2.13. The second kappa shape index (κ2) is 5.35. The number of anilines is 2. The number of nitrogens with one attached hydrogen (secondary N) is 2. The Morgan fingerprint density at radius 1 is 1.14 bits per heavy atom. The molecule has 102 valence electrons. The van der Waals surface area contributed by atoms with E-state index >= 15 is 0 Å². The van der Waals surface area contributed by atoms with E-state index < -0.39 is 0 Å². The third kappa shape index (κ3) is 2.67. The molecule has 2 amide bonds. The van der Waals surface area contributed by atoms with Gasteiger partial charge in [-0.15, -0.1) is 0 Å². The van der Waals surface area contributed by atoms with Crippen molar-refractivity contribution in [3.8, 4) is 6.07 Å². The average molecular weight is 277 g/mol. The maximum atomic E-state index is 12.0. The first-order valence-electron chi connectivity index (χ1n) is 6.25. The van der Waals surface area contributed by atoms with Crippen molar-refractivity contribution in [3.05, 3.63) is 60.6 Å². The van der Waals surface area contributed by atoms with E-state index in [-0.39, 0.29) is 6.03 Å². The molecule has 21 heavy (non-hydrogen) atoms. The van der Waals surface area contributed by atoms with Crippen LogP contribution in [-0.4, -0.2) is 15.4 Å². The number of aromatic nitrogens is 2. The van der Waals surface area contributed by atoms with Crippen molar-refractivity contribution in [1.29, 1.82) is 5.26 Å². The molecule has 0 spiro atoms. The number of hydrogen-bond acceptors (Lipinski definition) is 3. The van der Waals surface area contributed by atoms with Crippen LogP contribution in [0.25, 0.3) is 5.52 Å². The summed E-state index contributed by atoms with van der Waals surface area (Å²) in [4.78, 5) is 16.0. The average Bonchev–Trinajstić information content (AvgIpc) is 2.97. The van der Waals surface area contributed by atoms with Crippen LogP contribution in [0.5, 0.6) is 0 Å². The van der Waals surface area contributed by atoms with E-state index in [0.29, 0.717) is 17.1 Å². The first kappa shape index (κ1) is 12.7. The number of amides is 2. The van der Waals surface area contributed by atoms with Crippen LogP contribution in [0.3, 0.4) is 0 Å². The van der Waals surface area contributed by atoms with Crippen LogP contribution in [0, 0.1) is 11.3 Å². The molecular weight excluding hydrogens is 266 g/mol. The second-order valence-corrected chi connectivity index (χ2v) is 4.37. The van der Waals surface area contributed by atoms with Gasteiger partial charge in [0.15, 0.2) is 0 Å². The Morgan fingerprint density at radius 2 is 1.95 bits per heavy atom. The zero-order valence-electron chi connectivity index (χ0n) is 10.9. The predicted octanol–water partition coefficient (Wildman–Crippen LogP) is 2.85. The number of imidazole rings is 1. The second-order valence-electron chi connectivity index (χ2n) is 4.37. The van der Waals surface area contributed by atoms with E-state index in [1.54, 1.807) is 47.3 Å². The summed E-state index contributed by atoms with van der Waals surface area (Å²) in [7, 11) is 0. The molecule has 0 bridgehead atoms. The van der Waals surface area contributed by atoms with Gasteiger partial charge in [0.05, 0.1) is 23.3 Å². The number of pyridine rings is 1. The van der Waals surface area contributed by atoms with E-state index in [2.05, 4.69) is 15.6 Å². The van der Waals surface area contributed by atoms with E-state index in [0.717, 1.165) is 5.52 Å². The molecule has 2 N–H and O–H groups in total. The third-order valence-corrected chi connectivity index (χ3v) is 2.96. The van der Waals surface area contributed by atoms with Gasteiger partial charge >= 0.3 is 6.03 Å². The predicted molar refractivity (Wildman–Crippen MR) is 79.0 cm³/mol. The van der Waals surface area contributed by atoms with Crippen LogP contribution in [-0.2, 0) is 0 Å². The highest BCUT2D eigenvalue weighted by Gasteiger charge is 2.05. The fraction of sp³-hybridized carbons (Fsp3) is 0. The number of hydrogen-bond donors (Lipinski definition) is 2. The van der Waals surface area contributed by atoms with Gasteiger partial charge in [0.25, 0.3) is 0 Å². The number of rotatable bonds is 2. The summed E-state index contributed by atoms with van der Waals surface area (Å²) < 4.78 is 1.78. The van der Waals surface area contributed by atoms with Gasteiger partial charge in [-0.3, -0.25) is 9.72 Å². The SMILES string of the molecule is N#Cc1ccc(NC(=O)Nc2cccc3cncn23)cc1. The fourth-order valence-electron chi connectivity index (χ4n) is 1.96. The van der Waals surface area contributed by atoms with Gasteiger partial charge in [-0.05, 0) is 36.4 Å². The molecule has 3 rings (SSSR count). The fourth-order valence-corrected chi connectivity index (χ4v) is 1.96. The smallest absolute Gasteiger partial charge is 0.308 e. The van der Waals surface area contributed by atoms with Crippen molar-refractivity contribution >= 4 is 23.1 Å². The van der Waals surface area contributed by atoms with Gasteiger partial charge in [0.2, 0.25) is 0 Å². The minimum Gasteiger partial charge on any atom is -0.308 e.